The summed E-state index contributed by atoms with van der Waals surface area (Å²) in [5, 5.41) is 5.07. The molecule has 6 rings (SSSR count). The predicted molar refractivity (Wildman–Crippen MR) is 145 cm³/mol. The fourth-order valence-corrected chi connectivity index (χ4v) is 6.25. The number of nitrogens with zero attached hydrogens (tertiary/aromatic N) is 5. The second kappa shape index (κ2) is 10.3. The van der Waals surface area contributed by atoms with Gasteiger partial charge < -0.3 is 15.2 Å². The van der Waals surface area contributed by atoms with Crippen molar-refractivity contribution in [2.24, 2.45) is 7.05 Å². The maximum Gasteiger partial charge on any atom is 0.434 e. The highest BCUT2D eigenvalue weighted by Gasteiger charge is 2.37. The highest BCUT2D eigenvalue weighted by atomic mass is 35.5. The topological polar surface area (TPSA) is 56.0 Å². The second-order valence-corrected chi connectivity index (χ2v) is 11.2. The number of H-pyrrole nitrogens is 1. The molecule has 0 spiro atoms. The molecular weight excluding hydrogens is 550 g/mol. The second-order valence-electron chi connectivity index (χ2n) is 10.3. The summed E-state index contributed by atoms with van der Waals surface area (Å²) in [6, 6.07) is 8.96. The molecule has 2 N–H and O–H groups in total. The lowest BCUT2D eigenvalue weighted by Crippen LogP contribution is -2.56. The zero-order chi connectivity index (χ0) is 27.3. The van der Waals surface area contributed by atoms with Crippen molar-refractivity contribution in [3.05, 3.63) is 76.0 Å². The van der Waals surface area contributed by atoms with Gasteiger partial charge in [-0.2, -0.15) is 13.2 Å². The standard InChI is InChI=1S/C27H29Cl2F3N7/c1-36-10-11-37(16-36)15-23-25-19(20-12-17(28)2-4-22(20)34-25)6-8-38(23)13-18-14-39(9-7-33-18)24-5-3-21(29)26(35-24)27(30,31)32/h2-5,10-12,16,18,23,33-34H,6-9,13-15H2,1H3/q+1. The van der Waals surface area contributed by atoms with Crippen molar-refractivity contribution in [1.82, 2.24) is 24.8 Å². The number of fused-ring (bicyclic) bond motifs is 3. The molecule has 2 unspecified atom stereocenters. The first-order valence-electron chi connectivity index (χ1n) is 12.9. The Balaban J connectivity index is 1.26. The van der Waals surface area contributed by atoms with Gasteiger partial charge in [0.05, 0.1) is 18.1 Å². The molecule has 0 saturated carbocycles. The number of benzene rings is 1. The molecule has 5 heterocycles. The van der Waals surface area contributed by atoms with Crippen LogP contribution in [0.3, 0.4) is 0 Å². The summed E-state index contributed by atoms with van der Waals surface area (Å²) in [5.74, 6) is 0.294. The molecule has 2 atom stereocenters. The minimum absolute atomic E-state index is 0.0502. The third-order valence-corrected chi connectivity index (χ3v) is 8.21. The van der Waals surface area contributed by atoms with Crippen molar-refractivity contribution in [3.8, 4) is 0 Å². The number of aryl methyl sites for hydroxylation is 1. The largest absolute Gasteiger partial charge is 0.434 e. The van der Waals surface area contributed by atoms with Crippen LogP contribution in [0.4, 0.5) is 19.0 Å². The summed E-state index contributed by atoms with van der Waals surface area (Å²) in [7, 11) is 2.00. The van der Waals surface area contributed by atoms with Gasteiger partial charge in [-0.1, -0.05) is 23.2 Å². The Morgan fingerprint density at radius 1 is 1.13 bits per heavy atom. The summed E-state index contributed by atoms with van der Waals surface area (Å²) in [5.41, 5.74) is 2.52. The molecule has 7 nitrogen and oxygen atoms in total. The van der Waals surface area contributed by atoms with Crippen molar-refractivity contribution in [2.75, 3.05) is 37.6 Å². The van der Waals surface area contributed by atoms with Crippen LogP contribution in [0.1, 0.15) is 23.0 Å². The van der Waals surface area contributed by atoms with Gasteiger partial charge in [0, 0.05) is 60.4 Å². The number of aromatic amines is 1. The molecule has 12 heteroatoms. The van der Waals surface area contributed by atoms with E-state index in [4.69, 9.17) is 23.2 Å². The minimum Gasteiger partial charge on any atom is -0.357 e. The number of nitrogens with one attached hydrogen (secondary N) is 2. The molecule has 4 aromatic rings. The van der Waals surface area contributed by atoms with Gasteiger partial charge in [-0.15, -0.1) is 0 Å². The van der Waals surface area contributed by atoms with Crippen molar-refractivity contribution in [2.45, 2.75) is 31.2 Å². The zero-order valence-corrected chi connectivity index (χ0v) is 22.9. The molecule has 3 aromatic heterocycles. The van der Waals surface area contributed by atoms with E-state index in [0.29, 0.717) is 25.5 Å². The van der Waals surface area contributed by atoms with Crippen LogP contribution in [0.5, 0.6) is 0 Å². The van der Waals surface area contributed by atoms with E-state index in [1.165, 1.54) is 17.3 Å². The van der Waals surface area contributed by atoms with Gasteiger partial charge in [-0.05, 0) is 42.3 Å². The first kappa shape index (κ1) is 26.4. The fourth-order valence-electron chi connectivity index (χ4n) is 5.87. The number of rotatable bonds is 5. The number of hydrogen-bond acceptors (Lipinski definition) is 4. The Bertz CT molecular complexity index is 1500. The van der Waals surface area contributed by atoms with Gasteiger partial charge >= 0.3 is 6.18 Å². The maximum atomic E-state index is 13.4. The predicted octanol–water partition coefficient (Wildman–Crippen LogP) is 4.59. The SMILES string of the molecule is C[n+]1ccn(CC2c3[nH]c4ccc(Cl)cc4c3CCN2CC2CN(c3ccc(Cl)c(C(F)(F)F)n3)CCN2)c1. The van der Waals surface area contributed by atoms with E-state index in [1.807, 2.05) is 40.9 Å². The molecule has 0 amide bonds. The summed E-state index contributed by atoms with van der Waals surface area (Å²) in [6.07, 6.45) is 2.44. The van der Waals surface area contributed by atoms with Gasteiger partial charge in [0.15, 0.2) is 5.69 Å². The van der Waals surface area contributed by atoms with E-state index >= 15 is 0 Å². The number of imidazole rings is 1. The zero-order valence-electron chi connectivity index (χ0n) is 21.3. The molecule has 1 saturated heterocycles. The lowest BCUT2D eigenvalue weighted by atomic mass is 9.96. The van der Waals surface area contributed by atoms with Crippen LogP contribution >= 0.6 is 23.2 Å². The quantitative estimate of drug-likeness (QED) is 0.340. The average molecular weight is 579 g/mol. The van der Waals surface area contributed by atoms with E-state index in [9.17, 15) is 13.2 Å². The van der Waals surface area contributed by atoms with Crippen molar-refractivity contribution in [3.63, 3.8) is 0 Å². The van der Waals surface area contributed by atoms with Crippen LogP contribution < -0.4 is 14.8 Å². The van der Waals surface area contributed by atoms with E-state index in [1.54, 1.807) is 6.07 Å². The van der Waals surface area contributed by atoms with Crippen molar-refractivity contribution in [1.29, 1.82) is 0 Å². The number of anilines is 1. The van der Waals surface area contributed by atoms with Crippen LogP contribution in [0, 0.1) is 0 Å². The Hall–Kier alpha value is -2.79. The van der Waals surface area contributed by atoms with E-state index in [2.05, 4.69) is 37.3 Å². The van der Waals surface area contributed by atoms with Gasteiger partial charge in [0.2, 0.25) is 6.33 Å². The highest BCUT2D eigenvalue weighted by Crippen LogP contribution is 2.37. The molecule has 0 bridgehead atoms. The molecule has 206 valence electrons. The molecular formula is C27H29Cl2F3N7+. The normalized spacial score (nSPS) is 20.5. The molecule has 2 aliphatic heterocycles. The lowest BCUT2D eigenvalue weighted by Gasteiger charge is -2.41. The monoisotopic (exact) mass is 578 g/mol. The van der Waals surface area contributed by atoms with E-state index in [0.717, 1.165) is 42.0 Å². The Kier molecular flexibility index (Phi) is 6.99. The number of piperazine rings is 1. The summed E-state index contributed by atoms with van der Waals surface area (Å²) in [6.45, 7) is 4.13. The highest BCUT2D eigenvalue weighted by molar-refractivity contribution is 6.31. The molecule has 39 heavy (non-hydrogen) atoms. The molecule has 1 aromatic carbocycles. The van der Waals surface area contributed by atoms with Crippen LogP contribution in [0.2, 0.25) is 10.0 Å². The molecule has 1 fully saturated rings. The van der Waals surface area contributed by atoms with Crippen molar-refractivity contribution < 1.29 is 17.7 Å². The number of aromatic nitrogens is 4. The van der Waals surface area contributed by atoms with Gasteiger partial charge in [0.1, 0.15) is 24.8 Å². The molecule has 0 aliphatic carbocycles. The van der Waals surface area contributed by atoms with E-state index in [-0.39, 0.29) is 17.1 Å². The molecule has 2 aliphatic rings. The van der Waals surface area contributed by atoms with Crippen LogP contribution in [-0.2, 0) is 26.2 Å². The van der Waals surface area contributed by atoms with Crippen LogP contribution in [-0.4, -0.2) is 58.2 Å². The maximum absolute atomic E-state index is 13.4. The number of pyridine rings is 1. The average Bonchev–Trinajstić information content (AvgIpc) is 3.48. The van der Waals surface area contributed by atoms with Crippen LogP contribution in [0.25, 0.3) is 10.9 Å². The molecule has 0 radical (unpaired) electrons. The smallest absolute Gasteiger partial charge is 0.357 e. The minimum atomic E-state index is -4.60. The summed E-state index contributed by atoms with van der Waals surface area (Å²) in [4.78, 5) is 11.9. The summed E-state index contributed by atoms with van der Waals surface area (Å²) < 4.78 is 44.5. The third-order valence-electron chi connectivity index (χ3n) is 7.67. The fraction of sp³-hybridized carbons (Fsp3) is 0.407. The number of alkyl halides is 3. The van der Waals surface area contributed by atoms with Gasteiger partial charge in [0.25, 0.3) is 0 Å². The Labute approximate surface area is 234 Å². The first-order chi connectivity index (χ1) is 18.7. The van der Waals surface area contributed by atoms with Crippen LogP contribution in [0.15, 0.2) is 49.1 Å². The summed E-state index contributed by atoms with van der Waals surface area (Å²) >= 11 is 12.1. The number of hydrogen-bond donors (Lipinski definition) is 2. The third kappa shape index (κ3) is 5.35. The lowest BCUT2D eigenvalue weighted by molar-refractivity contribution is -0.671. The van der Waals surface area contributed by atoms with Gasteiger partial charge in [-0.3, -0.25) is 4.90 Å². The Morgan fingerprint density at radius 3 is 2.74 bits per heavy atom. The first-order valence-corrected chi connectivity index (χ1v) is 13.7. The Morgan fingerprint density at radius 2 is 1.97 bits per heavy atom. The van der Waals surface area contributed by atoms with Gasteiger partial charge in [-0.25, -0.2) is 14.1 Å². The number of halogens is 5. The van der Waals surface area contributed by atoms with Crippen molar-refractivity contribution >= 4 is 39.9 Å². The van der Waals surface area contributed by atoms with E-state index < -0.39 is 11.9 Å².